The molecule has 0 saturated carbocycles. The number of benzene rings is 1. The molecule has 1 aromatic carbocycles. The standard InChI is InChI=1S/C19H18ClN3O4/c1-25-14(26-2)10-23-18(11-6-3-4-7-12(11)20)15-16(13-8-5-9-27-13)21-22-17(15)19(23)24/h3-9,14,18H,10H2,1-2H3,(H,21,22). The van der Waals surface area contributed by atoms with E-state index in [0.29, 0.717) is 22.2 Å². The second-order valence-electron chi connectivity index (χ2n) is 6.12. The maximum absolute atomic E-state index is 13.1. The van der Waals surface area contributed by atoms with Gasteiger partial charge in [0.25, 0.3) is 5.91 Å². The summed E-state index contributed by atoms with van der Waals surface area (Å²) < 4.78 is 16.1. The van der Waals surface area contributed by atoms with Crippen molar-refractivity contribution in [2.24, 2.45) is 0 Å². The second-order valence-corrected chi connectivity index (χ2v) is 6.53. The third-order valence-corrected chi connectivity index (χ3v) is 5.04. The van der Waals surface area contributed by atoms with Gasteiger partial charge in [-0.05, 0) is 23.8 Å². The van der Waals surface area contributed by atoms with Crippen LogP contribution in [0.5, 0.6) is 0 Å². The first kappa shape index (κ1) is 17.8. The number of halogens is 1. The van der Waals surface area contributed by atoms with Crippen LogP contribution >= 0.6 is 11.6 Å². The zero-order chi connectivity index (χ0) is 19.0. The number of aromatic amines is 1. The van der Waals surface area contributed by atoms with E-state index in [1.54, 1.807) is 23.3 Å². The van der Waals surface area contributed by atoms with E-state index in [-0.39, 0.29) is 12.5 Å². The molecule has 8 heteroatoms. The molecule has 1 unspecified atom stereocenters. The first-order chi connectivity index (χ1) is 13.2. The predicted octanol–water partition coefficient (Wildman–Crippen LogP) is 3.49. The molecule has 27 heavy (non-hydrogen) atoms. The molecular formula is C19H18ClN3O4. The van der Waals surface area contributed by atoms with Gasteiger partial charge in [-0.25, -0.2) is 0 Å². The Kier molecular flexibility index (Phi) is 4.73. The molecule has 1 amide bonds. The number of H-pyrrole nitrogens is 1. The van der Waals surface area contributed by atoms with Crippen LogP contribution in [0.3, 0.4) is 0 Å². The lowest BCUT2D eigenvalue weighted by Crippen LogP contribution is -2.38. The molecule has 0 saturated heterocycles. The molecule has 3 aromatic rings. The quantitative estimate of drug-likeness (QED) is 0.655. The molecule has 140 valence electrons. The Morgan fingerprint density at radius 2 is 2.04 bits per heavy atom. The predicted molar refractivity (Wildman–Crippen MR) is 98.4 cm³/mol. The van der Waals surface area contributed by atoms with Crippen LogP contribution in [0, 0.1) is 0 Å². The number of carbonyl (C=O) groups is 1. The topological polar surface area (TPSA) is 80.6 Å². The zero-order valence-corrected chi connectivity index (χ0v) is 15.6. The van der Waals surface area contributed by atoms with Crippen LogP contribution in [-0.4, -0.2) is 48.1 Å². The summed E-state index contributed by atoms with van der Waals surface area (Å²) in [6.07, 6.45) is 1.01. The monoisotopic (exact) mass is 387 g/mol. The van der Waals surface area contributed by atoms with Crippen molar-refractivity contribution in [3.8, 4) is 11.5 Å². The lowest BCUT2D eigenvalue weighted by molar-refractivity contribution is -0.113. The highest BCUT2D eigenvalue weighted by Gasteiger charge is 2.44. The van der Waals surface area contributed by atoms with Crippen molar-refractivity contribution >= 4 is 17.5 Å². The number of nitrogens with one attached hydrogen (secondary N) is 1. The van der Waals surface area contributed by atoms with E-state index >= 15 is 0 Å². The number of hydrogen-bond acceptors (Lipinski definition) is 5. The number of carbonyl (C=O) groups excluding carboxylic acids is 1. The van der Waals surface area contributed by atoms with Gasteiger partial charge in [0.05, 0.1) is 18.8 Å². The maximum Gasteiger partial charge on any atom is 0.275 e. The number of ether oxygens (including phenoxy) is 2. The number of rotatable bonds is 6. The van der Waals surface area contributed by atoms with Gasteiger partial charge < -0.3 is 18.8 Å². The highest BCUT2D eigenvalue weighted by molar-refractivity contribution is 6.31. The van der Waals surface area contributed by atoms with Gasteiger partial charge in [0.15, 0.2) is 17.7 Å². The Hall–Kier alpha value is -2.61. The number of methoxy groups -OCH3 is 2. The van der Waals surface area contributed by atoms with Crippen LogP contribution in [0.25, 0.3) is 11.5 Å². The van der Waals surface area contributed by atoms with Crippen molar-refractivity contribution in [1.29, 1.82) is 0 Å². The summed E-state index contributed by atoms with van der Waals surface area (Å²) >= 11 is 6.48. The van der Waals surface area contributed by atoms with Crippen molar-refractivity contribution in [3.63, 3.8) is 0 Å². The molecule has 0 aliphatic carbocycles. The number of amides is 1. The summed E-state index contributed by atoms with van der Waals surface area (Å²) in [5.41, 5.74) is 2.53. The van der Waals surface area contributed by atoms with E-state index in [0.717, 1.165) is 11.1 Å². The van der Waals surface area contributed by atoms with E-state index in [2.05, 4.69) is 10.2 Å². The van der Waals surface area contributed by atoms with Gasteiger partial charge in [-0.1, -0.05) is 29.8 Å². The lowest BCUT2D eigenvalue weighted by Gasteiger charge is -2.29. The average Bonchev–Trinajstić information content (AvgIpc) is 3.39. The van der Waals surface area contributed by atoms with E-state index in [9.17, 15) is 4.79 Å². The summed E-state index contributed by atoms with van der Waals surface area (Å²) in [4.78, 5) is 14.8. The van der Waals surface area contributed by atoms with Crippen LogP contribution in [0.15, 0.2) is 47.1 Å². The molecule has 3 heterocycles. The van der Waals surface area contributed by atoms with Crippen molar-refractivity contribution in [1.82, 2.24) is 15.1 Å². The molecular weight excluding hydrogens is 370 g/mol. The Bertz CT molecular complexity index is 950. The van der Waals surface area contributed by atoms with Crippen molar-refractivity contribution in [2.45, 2.75) is 12.3 Å². The lowest BCUT2D eigenvalue weighted by atomic mass is 9.98. The minimum absolute atomic E-state index is 0.219. The average molecular weight is 388 g/mol. The summed E-state index contributed by atoms with van der Waals surface area (Å²) in [5, 5.41) is 7.74. The van der Waals surface area contributed by atoms with E-state index in [1.165, 1.54) is 14.2 Å². The first-order valence-corrected chi connectivity index (χ1v) is 8.76. The van der Waals surface area contributed by atoms with Crippen LogP contribution in [0.4, 0.5) is 0 Å². The number of aromatic nitrogens is 2. The smallest absolute Gasteiger partial charge is 0.275 e. The molecule has 0 bridgehead atoms. The molecule has 1 N–H and O–H groups in total. The van der Waals surface area contributed by atoms with Gasteiger partial charge in [0, 0.05) is 24.8 Å². The summed E-state index contributed by atoms with van der Waals surface area (Å²) in [6, 6.07) is 10.6. The first-order valence-electron chi connectivity index (χ1n) is 8.38. The molecule has 0 radical (unpaired) electrons. The molecule has 2 aromatic heterocycles. The fourth-order valence-corrected chi connectivity index (χ4v) is 3.65. The fourth-order valence-electron chi connectivity index (χ4n) is 3.41. The van der Waals surface area contributed by atoms with Gasteiger partial charge in [0.1, 0.15) is 5.69 Å². The van der Waals surface area contributed by atoms with Crippen LogP contribution < -0.4 is 0 Å². The number of furan rings is 1. The third kappa shape index (κ3) is 2.93. The van der Waals surface area contributed by atoms with E-state index in [1.807, 2.05) is 24.3 Å². The fraction of sp³-hybridized carbons (Fsp3) is 0.263. The summed E-state index contributed by atoms with van der Waals surface area (Å²) in [6.45, 7) is 0.232. The molecule has 7 nitrogen and oxygen atoms in total. The zero-order valence-electron chi connectivity index (χ0n) is 14.8. The third-order valence-electron chi connectivity index (χ3n) is 4.69. The molecule has 0 fully saturated rings. The maximum atomic E-state index is 13.1. The Balaban J connectivity index is 1.86. The van der Waals surface area contributed by atoms with Crippen molar-refractivity contribution < 1.29 is 18.7 Å². The Morgan fingerprint density at radius 3 is 2.70 bits per heavy atom. The van der Waals surface area contributed by atoms with Gasteiger partial charge in [0.2, 0.25) is 0 Å². The van der Waals surface area contributed by atoms with E-state index in [4.69, 9.17) is 25.5 Å². The van der Waals surface area contributed by atoms with Crippen LogP contribution in [0.1, 0.15) is 27.7 Å². The largest absolute Gasteiger partial charge is 0.463 e. The van der Waals surface area contributed by atoms with Gasteiger partial charge in [-0.3, -0.25) is 9.89 Å². The van der Waals surface area contributed by atoms with Crippen LogP contribution in [0.2, 0.25) is 5.02 Å². The number of fused-ring (bicyclic) bond motifs is 1. The molecule has 0 spiro atoms. The number of nitrogens with zero attached hydrogens (tertiary/aromatic N) is 2. The summed E-state index contributed by atoms with van der Waals surface area (Å²) in [7, 11) is 3.07. The Morgan fingerprint density at radius 1 is 1.26 bits per heavy atom. The minimum atomic E-state index is -0.570. The summed E-state index contributed by atoms with van der Waals surface area (Å²) in [5.74, 6) is 0.383. The molecule has 4 rings (SSSR count). The molecule has 1 aliphatic rings. The normalized spacial score (nSPS) is 16.4. The SMILES string of the molecule is COC(CN1C(=O)c2n[nH]c(-c3ccco3)c2C1c1ccccc1Cl)OC. The van der Waals surface area contributed by atoms with Crippen LogP contribution in [-0.2, 0) is 9.47 Å². The molecule has 1 aliphatic heterocycles. The second kappa shape index (κ2) is 7.19. The Labute approximate surface area is 160 Å². The van der Waals surface area contributed by atoms with Crippen molar-refractivity contribution in [2.75, 3.05) is 20.8 Å². The highest BCUT2D eigenvalue weighted by Crippen LogP contribution is 2.44. The minimum Gasteiger partial charge on any atom is -0.463 e. The van der Waals surface area contributed by atoms with E-state index < -0.39 is 12.3 Å². The number of hydrogen-bond donors (Lipinski definition) is 1. The van der Waals surface area contributed by atoms with Crippen molar-refractivity contribution in [3.05, 3.63) is 64.5 Å². The molecule has 1 atom stereocenters. The van der Waals surface area contributed by atoms with Gasteiger partial charge >= 0.3 is 0 Å². The van der Waals surface area contributed by atoms with Gasteiger partial charge in [-0.15, -0.1) is 0 Å². The van der Waals surface area contributed by atoms with Gasteiger partial charge in [-0.2, -0.15) is 5.10 Å². The highest BCUT2D eigenvalue weighted by atomic mass is 35.5.